The SMILES string of the molecule is CC1(C)CC(=O)C2=C(C1)Nc1c(c(C#N)cn1C(C)(C)C)[C@@]21C(=O)Nc2ccc(Cl)cc21. The van der Waals surface area contributed by atoms with Crippen molar-refractivity contribution in [3.63, 3.8) is 0 Å². The van der Waals surface area contributed by atoms with Crippen LogP contribution in [0.15, 0.2) is 35.7 Å². The topological polar surface area (TPSA) is 86.9 Å². The molecule has 0 bridgehead atoms. The summed E-state index contributed by atoms with van der Waals surface area (Å²) in [6, 6.07) is 7.51. The molecule has 2 aromatic rings. The average Bonchev–Trinajstić information content (AvgIpc) is 3.17. The third-order valence-electron chi connectivity index (χ3n) is 6.72. The smallest absolute Gasteiger partial charge is 0.244 e. The van der Waals surface area contributed by atoms with Crippen LogP contribution in [0.3, 0.4) is 0 Å². The molecule has 3 heterocycles. The lowest BCUT2D eigenvalue weighted by Gasteiger charge is -2.43. The molecule has 7 heteroatoms. The summed E-state index contributed by atoms with van der Waals surface area (Å²) >= 11 is 6.38. The van der Waals surface area contributed by atoms with Crippen molar-refractivity contribution in [2.75, 3.05) is 10.6 Å². The number of nitrogens with zero attached hydrogens (tertiary/aromatic N) is 2. The van der Waals surface area contributed by atoms with Gasteiger partial charge in [0.15, 0.2) is 5.78 Å². The molecular formula is C25H25ClN4O2. The number of carbonyl (C=O) groups excluding carboxylic acids is 2. The van der Waals surface area contributed by atoms with Gasteiger partial charge in [-0.25, -0.2) is 0 Å². The van der Waals surface area contributed by atoms with Crippen LogP contribution in [-0.4, -0.2) is 16.3 Å². The molecule has 5 rings (SSSR count). The summed E-state index contributed by atoms with van der Waals surface area (Å²) in [6.07, 6.45) is 2.73. The average molecular weight is 449 g/mol. The molecule has 1 atom stereocenters. The third kappa shape index (κ3) is 2.58. The van der Waals surface area contributed by atoms with Crippen molar-refractivity contribution in [3.8, 4) is 6.07 Å². The minimum Gasteiger partial charge on any atom is -0.344 e. The first kappa shape index (κ1) is 20.8. The maximum Gasteiger partial charge on any atom is 0.244 e. The van der Waals surface area contributed by atoms with Gasteiger partial charge < -0.3 is 15.2 Å². The van der Waals surface area contributed by atoms with E-state index >= 15 is 0 Å². The molecule has 1 aromatic carbocycles. The molecule has 3 aliphatic rings. The third-order valence-corrected chi connectivity index (χ3v) is 6.95. The maximum atomic E-state index is 13.9. The molecule has 164 valence electrons. The number of fused-ring (bicyclic) bond motifs is 5. The highest BCUT2D eigenvalue weighted by Gasteiger charge is 2.60. The molecule has 1 aromatic heterocycles. The van der Waals surface area contributed by atoms with Gasteiger partial charge in [0.05, 0.1) is 5.56 Å². The fourth-order valence-electron chi connectivity index (χ4n) is 5.52. The van der Waals surface area contributed by atoms with Gasteiger partial charge in [0, 0.05) is 51.3 Å². The van der Waals surface area contributed by atoms with Gasteiger partial charge in [0.2, 0.25) is 5.91 Å². The Hall–Kier alpha value is -3.04. The number of benzene rings is 1. The zero-order valence-electron chi connectivity index (χ0n) is 18.8. The van der Waals surface area contributed by atoms with Crippen molar-refractivity contribution in [1.29, 1.82) is 5.26 Å². The molecule has 0 unspecified atom stereocenters. The number of nitrogens with one attached hydrogen (secondary N) is 2. The molecule has 32 heavy (non-hydrogen) atoms. The van der Waals surface area contributed by atoms with Crippen LogP contribution >= 0.6 is 11.6 Å². The largest absolute Gasteiger partial charge is 0.344 e. The molecule has 0 saturated carbocycles. The quantitative estimate of drug-likeness (QED) is 0.588. The Kier molecular flexibility index (Phi) is 4.08. The van der Waals surface area contributed by atoms with E-state index in [1.165, 1.54) is 0 Å². The van der Waals surface area contributed by atoms with Crippen molar-refractivity contribution in [2.24, 2.45) is 5.41 Å². The standard InChI is InChI=1S/C25H25ClN4O2/c1-23(2,3)30-12-13(11-27)19-21(30)28-17-9-24(4,5)10-18(31)20(17)25(19)15-8-14(26)6-7-16(15)29-22(25)32/h6-8,12,28H,9-10H2,1-5H3,(H,29,32)/t25-/m1/s1. The Labute approximate surface area is 192 Å². The van der Waals surface area contributed by atoms with E-state index < -0.39 is 5.41 Å². The highest BCUT2D eigenvalue weighted by molar-refractivity contribution is 6.31. The fraction of sp³-hybridized carbons (Fsp3) is 0.400. The number of aromatic nitrogens is 1. The lowest BCUT2D eigenvalue weighted by molar-refractivity contribution is -0.123. The minimum atomic E-state index is -1.41. The summed E-state index contributed by atoms with van der Waals surface area (Å²) in [5.41, 5.74) is 1.31. The molecule has 0 radical (unpaired) electrons. The maximum absolute atomic E-state index is 13.9. The van der Waals surface area contributed by atoms with Crippen LogP contribution in [0.25, 0.3) is 0 Å². The van der Waals surface area contributed by atoms with E-state index in [1.807, 2.05) is 25.3 Å². The number of halogens is 1. The second kappa shape index (κ2) is 6.26. The lowest BCUT2D eigenvalue weighted by atomic mass is 9.61. The number of ketones is 1. The first-order chi connectivity index (χ1) is 14.9. The van der Waals surface area contributed by atoms with Crippen molar-refractivity contribution in [2.45, 2.75) is 58.4 Å². The molecule has 1 aliphatic carbocycles. The van der Waals surface area contributed by atoms with Gasteiger partial charge in [-0.05, 0) is 50.8 Å². The summed E-state index contributed by atoms with van der Waals surface area (Å²) in [4.78, 5) is 27.5. The summed E-state index contributed by atoms with van der Waals surface area (Å²) in [6.45, 7) is 10.2. The number of anilines is 2. The van der Waals surface area contributed by atoms with Crippen molar-refractivity contribution in [3.05, 3.63) is 57.4 Å². The van der Waals surface area contributed by atoms with Gasteiger partial charge in [-0.3, -0.25) is 9.59 Å². The summed E-state index contributed by atoms with van der Waals surface area (Å²) < 4.78 is 1.99. The van der Waals surface area contributed by atoms with E-state index in [0.717, 1.165) is 5.70 Å². The predicted octanol–water partition coefficient (Wildman–Crippen LogP) is 5.08. The fourth-order valence-corrected chi connectivity index (χ4v) is 5.70. The summed E-state index contributed by atoms with van der Waals surface area (Å²) in [5.74, 6) is 0.285. The van der Waals surface area contributed by atoms with Gasteiger partial charge in [-0.1, -0.05) is 25.4 Å². The number of carbonyl (C=O) groups is 2. The van der Waals surface area contributed by atoms with Crippen molar-refractivity contribution < 1.29 is 9.59 Å². The van der Waals surface area contributed by atoms with Crippen LogP contribution in [0.1, 0.15) is 64.2 Å². The minimum absolute atomic E-state index is 0.0789. The number of amides is 1. The first-order valence-electron chi connectivity index (χ1n) is 10.7. The first-order valence-corrected chi connectivity index (χ1v) is 11.1. The molecule has 6 nitrogen and oxygen atoms in total. The van der Waals surface area contributed by atoms with Crippen LogP contribution in [0.5, 0.6) is 0 Å². The Morgan fingerprint density at radius 1 is 1.16 bits per heavy atom. The highest BCUT2D eigenvalue weighted by Crippen LogP contribution is 2.58. The van der Waals surface area contributed by atoms with Crippen LogP contribution in [-0.2, 0) is 20.5 Å². The zero-order chi connectivity index (χ0) is 23.2. The Bertz CT molecular complexity index is 1300. The Balaban J connectivity index is 1.96. The number of rotatable bonds is 0. The molecule has 2 aliphatic heterocycles. The van der Waals surface area contributed by atoms with Gasteiger partial charge in [-0.2, -0.15) is 5.26 Å². The summed E-state index contributed by atoms with van der Waals surface area (Å²) in [7, 11) is 0. The van der Waals surface area contributed by atoms with Crippen LogP contribution in [0.2, 0.25) is 5.02 Å². The zero-order valence-corrected chi connectivity index (χ0v) is 19.6. The van der Waals surface area contributed by atoms with E-state index in [9.17, 15) is 14.9 Å². The molecule has 1 amide bonds. The molecular weight excluding hydrogens is 424 g/mol. The van der Waals surface area contributed by atoms with E-state index in [0.29, 0.717) is 51.6 Å². The Morgan fingerprint density at radius 2 is 1.88 bits per heavy atom. The number of allylic oxidation sites excluding steroid dienone is 1. The molecule has 1 spiro atoms. The second-order valence-electron chi connectivity index (χ2n) is 10.7. The molecule has 0 saturated heterocycles. The Morgan fingerprint density at radius 3 is 2.53 bits per heavy atom. The van der Waals surface area contributed by atoms with Gasteiger partial charge in [0.25, 0.3) is 0 Å². The van der Waals surface area contributed by atoms with Gasteiger partial charge in [0.1, 0.15) is 17.3 Å². The van der Waals surface area contributed by atoms with Crippen molar-refractivity contribution >= 4 is 34.8 Å². The van der Waals surface area contributed by atoms with Gasteiger partial charge in [-0.15, -0.1) is 0 Å². The highest BCUT2D eigenvalue weighted by atomic mass is 35.5. The normalized spacial score (nSPS) is 23.3. The van der Waals surface area contributed by atoms with Crippen LogP contribution in [0.4, 0.5) is 11.5 Å². The number of Topliss-reactive ketones (excluding diaryl/α,β-unsaturated/α-hetero) is 1. The number of nitriles is 1. The number of hydrogen-bond donors (Lipinski definition) is 2. The van der Waals surface area contributed by atoms with Gasteiger partial charge >= 0.3 is 0 Å². The van der Waals surface area contributed by atoms with Crippen LogP contribution in [0, 0.1) is 16.7 Å². The number of hydrogen-bond acceptors (Lipinski definition) is 4. The monoisotopic (exact) mass is 448 g/mol. The van der Waals surface area contributed by atoms with E-state index in [1.54, 1.807) is 24.4 Å². The molecule has 2 N–H and O–H groups in total. The molecule has 0 fully saturated rings. The second-order valence-corrected chi connectivity index (χ2v) is 11.2. The van der Waals surface area contributed by atoms with E-state index in [-0.39, 0.29) is 22.6 Å². The van der Waals surface area contributed by atoms with E-state index in [4.69, 9.17) is 11.6 Å². The van der Waals surface area contributed by atoms with E-state index in [2.05, 4.69) is 30.6 Å². The van der Waals surface area contributed by atoms with Crippen LogP contribution < -0.4 is 10.6 Å². The predicted molar refractivity (Wildman–Crippen MR) is 124 cm³/mol. The summed E-state index contributed by atoms with van der Waals surface area (Å²) in [5, 5.41) is 17.0. The van der Waals surface area contributed by atoms with Crippen molar-refractivity contribution in [1.82, 2.24) is 4.57 Å². The lowest BCUT2D eigenvalue weighted by Crippen LogP contribution is -2.48.